The Morgan fingerprint density at radius 2 is 0.958 bits per heavy atom. The Morgan fingerprint density at radius 3 is 1.38 bits per heavy atom. The highest BCUT2D eigenvalue weighted by Crippen LogP contribution is 2.37. The number of halogens is 2. The highest BCUT2D eigenvalue weighted by Gasteiger charge is 2.31. The van der Waals surface area contributed by atoms with Gasteiger partial charge in [0, 0.05) is 31.7 Å². The maximum atomic E-state index is 13.0. The summed E-state index contributed by atoms with van der Waals surface area (Å²) in [4.78, 5) is 26.0. The van der Waals surface area contributed by atoms with E-state index in [0.717, 1.165) is 25.9 Å². The lowest BCUT2D eigenvalue weighted by atomic mass is 9.83. The van der Waals surface area contributed by atoms with Crippen molar-refractivity contribution < 1.29 is 9.59 Å². The average molecular weight is 572 g/mol. The molecule has 0 amide bonds. The van der Waals surface area contributed by atoms with Gasteiger partial charge in [-0.2, -0.15) is 0 Å². The first-order chi connectivity index (χ1) is 11.5. The summed E-state index contributed by atoms with van der Waals surface area (Å²) in [6.07, 6.45) is 0. The molecule has 0 saturated heterocycles. The molecule has 1 aliphatic carbocycles. The zero-order valence-electron chi connectivity index (χ0n) is 11.9. The molecule has 6 heteroatoms. The van der Waals surface area contributed by atoms with Crippen LogP contribution in [0, 0.1) is 5.77 Å². The van der Waals surface area contributed by atoms with Crippen LogP contribution < -0.4 is 0 Å². The Balaban J connectivity index is 1.83. The van der Waals surface area contributed by atoms with Crippen molar-refractivity contribution in [2.45, 2.75) is 0 Å². The Morgan fingerprint density at radius 1 is 0.583 bits per heavy atom. The molecule has 2 aromatic heterocycles. The van der Waals surface area contributed by atoms with E-state index in [1.54, 1.807) is 22.7 Å². The molecule has 0 N–H and O–H groups in total. The van der Waals surface area contributed by atoms with E-state index in [1.165, 1.54) is 0 Å². The average Bonchev–Trinajstić information content (AvgIpc) is 3.09. The van der Waals surface area contributed by atoms with Crippen LogP contribution in [0.1, 0.15) is 31.8 Å². The quantitative estimate of drug-likeness (QED) is 0.210. The van der Waals surface area contributed by atoms with Gasteiger partial charge >= 0.3 is 0 Å². The monoisotopic (exact) mass is 572 g/mol. The van der Waals surface area contributed by atoms with E-state index in [1.807, 2.05) is 24.3 Å². The highest BCUT2D eigenvalue weighted by molar-refractivity contribution is 14.1. The molecule has 2 heterocycles. The molecule has 2 nitrogen and oxygen atoms in total. The molecule has 0 spiro atoms. The first-order valence-corrected chi connectivity index (χ1v) is 10.9. The van der Waals surface area contributed by atoms with Gasteiger partial charge in [-0.15, -0.1) is 22.7 Å². The number of carbonyl (C=O) groups is 2. The third-order valence-electron chi connectivity index (χ3n) is 4.23. The molecule has 2 aromatic carbocycles. The Hall–Kier alpha value is -0.840. The normalized spacial score (nSPS) is 13.6. The van der Waals surface area contributed by atoms with Crippen molar-refractivity contribution in [3.05, 3.63) is 64.4 Å². The number of thiophene rings is 2. The van der Waals surface area contributed by atoms with Crippen LogP contribution in [0.15, 0.2) is 36.4 Å². The molecule has 5 rings (SSSR count). The highest BCUT2D eigenvalue weighted by atomic mass is 127. The molecule has 0 aliphatic heterocycles. The molecule has 0 fully saturated rings. The lowest BCUT2D eigenvalue weighted by molar-refractivity contribution is 0.0979. The summed E-state index contributed by atoms with van der Waals surface area (Å²) in [6.45, 7) is 0. The van der Waals surface area contributed by atoms with Crippen LogP contribution in [-0.2, 0) is 0 Å². The fourth-order valence-corrected chi connectivity index (χ4v) is 6.86. The Bertz CT molecular complexity index is 1030. The smallest absolute Gasteiger partial charge is 0.194 e. The molecule has 1 aliphatic rings. The van der Waals surface area contributed by atoms with Crippen molar-refractivity contribution in [2.75, 3.05) is 0 Å². The van der Waals surface area contributed by atoms with Gasteiger partial charge < -0.3 is 0 Å². The fourth-order valence-electron chi connectivity index (χ4n) is 3.15. The minimum atomic E-state index is -0.0502. The van der Waals surface area contributed by atoms with Crippen LogP contribution in [-0.4, -0.2) is 11.6 Å². The topological polar surface area (TPSA) is 34.1 Å². The molecular weight excluding hydrogens is 566 g/mol. The van der Waals surface area contributed by atoms with E-state index in [-0.39, 0.29) is 11.6 Å². The Kier molecular flexibility index (Phi) is 3.42. The molecule has 0 bridgehead atoms. The van der Waals surface area contributed by atoms with Crippen molar-refractivity contribution in [2.24, 2.45) is 0 Å². The van der Waals surface area contributed by atoms with Gasteiger partial charge in [0.05, 0.1) is 5.77 Å². The molecule has 0 atom stereocenters. The number of hydrogen-bond acceptors (Lipinski definition) is 4. The third kappa shape index (κ3) is 2.16. The van der Waals surface area contributed by atoms with Gasteiger partial charge in [-0.3, -0.25) is 9.59 Å². The van der Waals surface area contributed by atoms with Gasteiger partial charge in [-0.1, -0.05) is 0 Å². The van der Waals surface area contributed by atoms with E-state index >= 15 is 0 Å². The van der Waals surface area contributed by atoms with Gasteiger partial charge in [0.2, 0.25) is 0 Å². The summed E-state index contributed by atoms with van der Waals surface area (Å²) < 4.78 is 4.40. The van der Waals surface area contributed by atoms with Crippen LogP contribution >= 0.6 is 67.9 Å². The summed E-state index contributed by atoms with van der Waals surface area (Å²) in [6, 6.07) is 11.6. The van der Waals surface area contributed by atoms with Gasteiger partial charge in [-0.05, 0) is 92.4 Å². The van der Waals surface area contributed by atoms with E-state index in [9.17, 15) is 9.59 Å². The standard InChI is InChI=1S/C18H6I2O2S2/c19-15-3-7-1-9-11(5-13(7)23-15)18(22)12-6-14-8(4-16(20)24-14)2-10(12)17(9)21/h1-6H. The molecule has 116 valence electrons. The van der Waals surface area contributed by atoms with Crippen LogP contribution in [0.5, 0.6) is 0 Å². The summed E-state index contributed by atoms with van der Waals surface area (Å²) >= 11 is 7.82. The number of benzene rings is 2. The maximum Gasteiger partial charge on any atom is 0.194 e. The molecule has 0 saturated carbocycles. The van der Waals surface area contributed by atoms with Crippen molar-refractivity contribution in [3.8, 4) is 0 Å². The van der Waals surface area contributed by atoms with Gasteiger partial charge in [0.25, 0.3) is 0 Å². The summed E-state index contributed by atoms with van der Waals surface area (Å²) in [5.41, 5.74) is 2.12. The van der Waals surface area contributed by atoms with Crippen molar-refractivity contribution in [3.63, 3.8) is 0 Å². The minimum absolute atomic E-state index is 0.0461. The predicted molar refractivity (Wildman–Crippen MR) is 116 cm³/mol. The zero-order valence-corrected chi connectivity index (χ0v) is 17.8. The largest absolute Gasteiger partial charge is 0.289 e. The second kappa shape index (κ2) is 5.33. The van der Waals surface area contributed by atoms with E-state index < -0.39 is 0 Å². The second-order valence-electron chi connectivity index (χ2n) is 5.63. The molecule has 0 unspecified atom stereocenters. The van der Waals surface area contributed by atoms with Gasteiger partial charge in [-0.25, -0.2) is 0 Å². The first kappa shape index (κ1) is 15.4. The first-order valence-electron chi connectivity index (χ1n) is 7.07. The third-order valence-corrected chi connectivity index (χ3v) is 7.95. The van der Waals surface area contributed by atoms with Crippen molar-refractivity contribution >= 4 is 99.6 Å². The molecular formula is C18H6I2O2S2. The van der Waals surface area contributed by atoms with E-state index in [0.29, 0.717) is 22.3 Å². The van der Waals surface area contributed by atoms with Crippen LogP contribution in [0.4, 0.5) is 0 Å². The van der Waals surface area contributed by atoms with Gasteiger partial charge in [0.15, 0.2) is 11.6 Å². The number of rotatable bonds is 0. The molecule has 24 heavy (non-hydrogen) atoms. The van der Waals surface area contributed by atoms with E-state index in [2.05, 4.69) is 57.3 Å². The van der Waals surface area contributed by atoms with Gasteiger partial charge in [0.1, 0.15) is 0 Å². The zero-order chi connectivity index (χ0) is 16.6. The number of hydrogen-bond donors (Lipinski definition) is 0. The van der Waals surface area contributed by atoms with Crippen LogP contribution in [0.3, 0.4) is 0 Å². The predicted octanol–water partition coefficient (Wildman–Crippen LogP) is 6.10. The maximum absolute atomic E-state index is 13.0. The minimum Gasteiger partial charge on any atom is -0.289 e. The SMILES string of the molecule is O=C1c2cc3cc(I)sc3cc2C(=O)c2cc3sc(I)cc3cc21. The summed E-state index contributed by atoms with van der Waals surface area (Å²) in [7, 11) is 0. The summed E-state index contributed by atoms with van der Waals surface area (Å²) in [5, 5.41) is 2.05. The number of ketones is 2. The summed E-state index contributed by atoms with van der Waals surface area (Å²) in [5.74, 6) is -0.0963. The van der Waals surface area contributed by atoms with Crippen molar-refractivity contribution in [1.29, 1.82) is 0 Å². The lowest BCUT2D eigenvalue weighted by Crippen LogP contribution is -2.20. The second-order valence-corrected chi connectivity index (χ2v) is 11.6. The van der Waals surface area contributed by atoms with Crippen molar-refractivity contribution in [1.82, 2.24) is 0 Å². The Labute approximate surface area is 172 Å². The van der Waals surface area contributed by atoms with Crippen LogP contribution in [0.2, 0.25) is 0 Å². The number of carbonyl (C=O) groups excluding carboxylic acids is 2. The number of fused-ring (bicyclic) bond motifs is 4. The van der Waals surface area contributed by atoms with Crippen LogP contribution in [0.25, 0.3) is 20.2 Å². The molecule has 0 radical (unpaired) electrons. The molecule has 4 aromatic rings. The lowest BCUT2D eigenvalue weighted by Gasteiger charge is -2.17. The van der Waals surface area contributed by atoms with E-state index in [4.69, 9.17) is 0 Å². The fraction of sp³-hybridized carbons (Fsp3) is 0.